The summed E-state index contributed by atoms with van der Waals surface area (Å²) in [4.78, 5) is 13.7. The van der Waals surface area contributed by atoms with Gasteiger partial charge in [-0.3, -0.25) is 4.98 Å². The summed E-state index contributed by atoms with van der Waals surface area (Å²) < 4.78 is 36.5. The lowest BCUT2D eigenvalue weighted by Gasteiger charge is -2.05. The van der Waals surface area contributed by atoms with Crippen LogP contribution in [-0.4, -0.2) is 11.3 Å². The van der Waals surface area contributed by atoms with Gasteiger partial charge in [0.2, 0.25) is 0 Å². The van der Waals surface area contributed by atoms with Crippen LogP contribution in [0.5, 0.6) is 0 Å². The van der Waals surface area contributed by atoms with Crippen molar-refractivity contribution in [3.8, 4) is 0 Å². The van der Waals surface area contributed by atoms with Gasteiger partial charge < -0.3 is 4.79 Å². The Morgan fingerprint density at radius 1 is 1.40 bits per heavy atom. The van der Waals surface area contributed by atoms with Crippen molar-refractivity contribution < 1.29 is 18.0 Å². The number of aldehydes is 1. The van der Waals surface area contributed by atoms with E-state index < -0.39 is 11.9 Å². The molecule has 2 unspecified atom stereocenters. The van der Waals surface area contributed by atoms with Gasteiger partial charge in [-0.15, -0.1) is 0 Å². The summed E-state index contributed by atoms with van der Waals surface area (Å²) in [6.45, 7) is 0. The highest BCUT2D eigenvalue weighted by molar-refractivity contribution is 5.61. The fourth-order valence-corrected chi connectivity index (χ4v) is 1.54. The fourth-order valence-electron chi connectivity index (χ4n) is 1.54. The molecule has 0 amide bonds. The van der Waals surface area contributed by atoms with Gasteiger partial charge in [0.15, 0.2) is 0 Å². The zero-order chi connectivity index (χ0) is 11.1. The van der Waals surface area contributed by atoms with Crippen LogP contribution in [0, 0.1) is 5.92 Å². The smallest absolute Gasteiger partial charge is 0.303 e. The average molecular weight is 215 g/mol. The summed E-state index contributed by atoms with van der Waals surface area (Å²) in [7, 11) is 0. The van der Waals surface area contributed by atoms with Crippen molar-refractivity contribution in [1.82, 2.24) is 4.98 Å². The van der Waals surface area contributed by atoms with Crippen LogP contribution < -0.4 is 0 Å². The SMILES string of the molecule is O=CC1CC1c1ccc(C(F)(F)F)nc1. The second-order valence-corrected chi connectivity index (χ2v) is 3.62. The van der Waals surface area contributed by atoms with Crippen LogP contribution in [0.3, 0.4) is 0 Å². The third kappa shape index (κ3) is 2.00. The molecule has 0 aromatic carbocycles. The van der Waals surface area contributed by atoms with Crippen molar-refractivity contribution >= 4 is 6.29 Å². The quantitative estimate of drug-likeness (QED) is 0.709. The molecular formula is C10H8F3NO. The molecule has 1 aromatic heterocycles. The maximum atomic E-state index is 12.2. The van der Waals surface area contributed by atoms with Crippen LogP contribution in [0.15, 0.2) is 18.3 Å². The van der Waals surface area contributed by atoms with Gasteiger partial charge in [0, 0.05) is 12.1 Å². The Balaban J connectivity index is 2.15. The molecule has 80 valence electrons. The van der Waals surface area contributed by atoms with Crippen LogP contribution >= 0.6 is 0 Å². The first kappa shape index (κ1) is 10.1. The van der Waals surface area contributed by atoms with Crippen LogP contribution in [0.1, 0.15) is 23.6 Å². The molecule has 0 radical (unpaired) electrons. The summed E-state index contributed by atoms with van der Waals surface area (Å²) in [6.07, 6.45) is -1.64. The van der Waals surface area contributed by atoms with Crippen molar-refractivity contribution in [1.29, 1.82) is 0 Å². The van der Waals surface area contributed by atoms with Crippen molar-refractivity contribution in [3.05, 3.63) is 29.6 Å². The van der Waals surface area contributed by atoms with Crippen molar-refractivity contribution in [2.45, 2.75) is 18.5 Å². The molecule has 1 aromatic rings. The van der Waals surface area contributed by atoms with Gasteiger partial charge in [-0.1, -0.05) is 6.07 Å². The largest absolute Gasteiger partial charge is 0.433 e. The van der Waals surface area contributed by atoms with E-state index in [1.54, 1.807) is 0 Å². The van der Waals surface area contributed by atoms with Crippen LogP contribution in [0.2, 0.25) is 0 Å². The van der Waals surface area contributed by atoms with Gasteiger partial charge in [0.05, 0.1) is 0 Å². The molecule has 2 rings (SSSR count). The predicted octanol–water partition coefficient (Wildman–Crippen LogP) is 2.40. The van der Waals surface area contributed by atoms with Crippen molar-refractivity contribution in [3.63, 3.8) is 0 Å². The molecule has 2 nitrogen and oxygen atoms in total. The third-order valence-electron chi connectivity index (χ3n) is 2.52. The molecular weight excluding hydrogens is 207 g/mol. The first-order valence-corrected chi connectivity index (χ1v) is 4.51. The van der Waals surface area contributed by atoms with Gasteiger partial charge in [-0.25, -0.2) is 0 Å². The number of alkyl halides is 3. The van der Waals surface area contributed by atoms with E-state index in [1.165, 1.54) is 12.3 Å². The van der Waals surface area contributed by atoms with Gasteiger partial charge in [0.25, 0.3) is 0 Å². The molecule has 1 aliphatic rings. The number of hydrogen-bond acceptors (Lipinski definition) is 2. The predicted molar refractivity (Wildman–Crippen MR) is 46.2 cm³/mol. The molecule has 0 bridgehead atoms. The number of aromatic nitrogens is 1. The zero-order valence-electron chi connectivity index (χ0n) is 7.66. The molecule has 1 saturated carbocycles. The van der Waals surface area contributed by atoms with Crippen LogP contribution in [-0.2, 0) is 11.0 Å². The Kier molecular flexibility index (Phi) is 2.25. The van der Waals surface area contributed by atoms with Crippen LogP contribution in [0.25, 0.3) is 0 Å². The first-order chi connectivity index (χ1) is 7.02. The van der Waals surface area contributed by atoms with E-state index in [2.05, 4.69) is 4.98 Å². The van der Waals surface area contributed by atoms with E-state index in [0.717, 1.165) is 18.8 Å². The minimum Gasteiger partial charge on any atom is -0.303 e. The molecule has 2 atom stereocenters. The van der Waals surface area contributed by atoms with Gasteiger partial charge in [-0.2, -0.15) is 13.2 Å². The molecule has 0 spiro atoms. The highest BCUT2D eigenvalue weighted by Gasteiger charge is 2.39. The summed E-state index contributed by atoms with van der Waals surface area (Å²) in [5.74, 6) is 0.0285. The second-order valence-electron chi connectivity index (χ2n) is 3.62. The van der Waals surface area contributed by atoms with E-state index in [4.69, 9.17) is 0 Å². The molecule has 0 saturated heterocycles. The van der Waals surface area contributed by atoms with E-state index in [1.807, 2.05) is 0 Å². The Morgan fingerprint density at radius 3 is 2.53 bits per heavy atom. The zero-order valence-corrected chi connectivity index (χ0v) is 7.66. The monoisotopic (exact) mass is 215 g/mol. The molecule has 1 aliphatic carbocycles. The standard InChI is InChI=1S/C10H8F3NO/c11-10(12,13)9-2-1-6(4-14-9)8-3-7(8)5-15/h1-2,4-5,7-8H,3H2. The molecule has 15 heavy (non-hydrogen) atoms. The highest BCUT2D eigenvalue weighted by atomic mass is 19.4. The number of halogens is 3. The number of nitrogens with zero attached hydrogens (tertiary/aromatic N) is 1. The molecule has 1 heterocycles. The van der Waals surface area contributed by atoms with E-state index in [9.17, 15) is 18.0 Å². The van der Waals surface area contributed by atoms with E-state index in [0.29, 0.717) is 5.56 Å². The second kappa shape index (κ2) is 3.32. The number of hydrogen-bond donors (Lipinski definition) is 0. The fraction of sp³-hybridized carbons (Fsp3) is 0.400. The minimum absolute atomic E-state index is 0.0384. The normalized spacial score (nSPS) is 25.0. The number of pyridine rings is 1. The van der Waals surface area contributed by atoms with Gasteiger partial charge >= 0.3 is 6.18 Å². The number of carbonyl (C=O) groups excluding carboxylic acids is 1. The van der Waals surface area contributed by atoms with E-state index in [-0.39, 0.29) is 11.8 Å². The minimum atomic E-state index is -4.40. The lowest BCUT2D eigenvalue weighted by molar-refractivity contribution is -0.141. The Bertz CT molecular complexity index is 371. The Labute approximate surface area is 84.1 Å². The Morgan fingerprint density at radius 2 is 2.13 bits per heavy atom. The van der Waals surface area contributed by atoms with Crippen molar-refractivity contribution in [2.75, 3.05) is 0 Å². The number of rotatable bonds is 2. The van der Waals surface area contributed by atoms with Crippen LogP contribution in [0.4, 0.5) is 13.2 Å². The highest BCUT2D eigenvalue weighted by Crippen LogP contribution is 2.45. The maximum absolute atomic E-state index is 12.2. The number of carbonyl (C=O) groups is 1. The summed E-state index contributed by atoms with van der Waals surface area (Å²) in [5.41, 5.74) is -0.186. The van der Waals surface area contributed by atoms with E-state index >= 15 is 0 Å². The molecule has 0 aliphatic heterocycles. The molecule has 5 heteroatoms. The summed E-state index contributed by atoms with van der Waals surface area (Å²) >= 11 is 0. The summed E-state index contributed by atoms with van der Waals surface area (Å²) in [6, 6.07) is 2.35. The topological polar surface area (TPSA) is 30.0 Å². The lowest BCUT2D eigenvalue weighted by atomic mass is 10.1. The lowest BCUT2D eigenvalue weighted by Crippen LogP contribution is -2.07. The average Bonchev–Trinajstić information content (AvgIpc) is 2.95. The maximum Gasteiger partial charge on any atom is 0.433 e. The first-order valence-electron chi connectivity index (χ1n) is 4.51. The Hall–Kier alpha value is -1.39. The molecule has 0 N–H and O–H groups in total. The summed E-state index contributed by atoms with van der Waals surface area (Å²) in [5, 5.41) is 0. The van der Waals surface area contributed by atoms with Crippen molar-refractivity contribution in [2.24, 2.45) is 5.92 Å². The molecule has 1 fully saturated rings. The third-order valence-corrected chi connectivity index (χ3v) is 2.52. The van der Waals surface area contributed by atoms with Gasteiger partial charge in [0.1, 0.15) is 12.0 Å². The van der Waals surface area contributed by atoms with Gasteiger partial charge in [-0.05, 0) is 24.0 Å².